The van der Waals surface area contributed by atoms with E-state index in [0.717, 1.165) is 32.0 Å². The van der Waals surface area contributed by atoms with E-state index < -0.39 is 0 Å². The van der Waals surface area contributed by atoms with Crippen LogP contribution < -0.4 is 10.5 Å². The second-order valence-corrected chi connectivity index (χ2v) is 5.41. The molecule has 3 nitrogen and oxygen atoms in total. The molecular formula is C16H14N2OS. The van der Waals surface area contributed by atoms with E-state index in [1.54, 1.807) is 25.1 Å². The molecule has 1 aromatic heterocycles. The molecule has 0 atom stereocenters. The van der Waals surface area contributed by atoms with Gasteiger partial charge >= 0.3 is 0 Å². The van der Waals surface area contributed by atoms with Crippen LogP contribution in [0.4, 0.5) is 5.69 Å². The largest absolute Gasteiger partial charge is 0.496 e. The molecule has 0 radical (unpaired) electrons. The number of ether oxygens (including phenoxy) is 1. The number of rotatable bonds is 3. The van der Waals surface area contributed by atoms with Gasteiger partial charge in [0.15, 0.2) is 0 Å². The van der Waals surface area contributed by atoms with Crippen LogP contribution in [0.15, 0.2) is 64.6 Å². The Morgan fingerprint density at radius 2 is 1.85 bits per heavy atom. The molecule has 1 heterocycles. The summed E-state index contributed by atoms with van der Waals surface area (Å²) in [6, 6.07) is 13.9. The van der Waals surface area contributed by atoms with Gasteiger partial charge in [-0.05, 0) is 30.3 Å². The molecule has 0 aliphatic rings. The summed E-state index contributed by atoms with van der Waals surface area (Å²) in [4.78, 5) is 6.39. The average Bonchev–Trinajstić information content (AvgIpc) is 2.51. The number of anilines is 1. The smallest absolute Gasteiger partial charge is 0.132 e. The highest BCUT2D eigenvalue weighted by Gasteiger charge is 2.08. The number of hydrogen-bond donors (Lipinski definition) is 1. The van der Waals surface area contributed by atoms with E-state index in [-0.39, 0.29) is 0 Å². The standard InChI is InChI=1S/C16H14N2OS/c1-19-14-4-2-3-5-16(14)20-15-7-6-13(17)11-8-9-18-10-12(11)15/h2-10H,17H2,1H3. The zero-order chi connectivity index (χ0) is 13.9. The number of pyridine rings is 1. The van der Waals surface area contributed by atoms with Gasteiger partial charge in [-0.3, -0.25) is 4.98 Å². The van der Waals surface area contributed by atoms with Gasteiger partial charge in [0.1, 0.15) is 5.75 Å². The van der Waals surface area contributed by atoms with Crippen LogP contribution in [0.2, 0.25) is 0 Å². The third-order valence-corrected chi connectivity index (χ3v) is 4.23. The van der Waals surface area contributed by atoms with Gasteiger partial charge in [0, 0.05) is 33.7 Å². The van der Waals surface area contributed by atoms with Gasteiger partial charge < -0.3 is 10.5 Å². The van der Waals surface area contributed by atoms with Crippen LogP contribution in [-0.2, 0) is 0 Å². The van der Waals surface area contributed by atoms with Gasteiger partial charge in [0.2, 0.25) is 0 Å². The van der Waals surface area contributed by atoms with E-state index in [2.05, 4.69) is 4.98 Å². The number of para-hydroxylation sites is 1. The minimum Gasteiger partial charge on any atom is -0.496 e. The number of hydrogen-bond acceptors (Lipinski definition) is 4. The molecule has 0 aliphatic carbocycles. The molecule has 100 valence electrons. The Labute approximate surface area is 121 Å². The number of nitrogen functional groups attached to an aromatic ring is 1. The summed E-state index contributed by atoms with van der Waals surface area (Å²) in [7, 11) is 1.68. The maximum atomic E-state index is 6.01. The molecular weight excluding hydrogens is 268 g/mol. The van der Waals surface area contributed by atoms with Crippen molar-refractivity contribution < 1.29 is 4.74 Å². The Balaban J connectivity index is 2.09. The van der Waals surface area contributed by atoms with Crippen molar-refractivity contribution in [3.8, 4) is 5.75 Å². The second-order valence-electron chi connectivity index (χ2n) is 4.33. The Morgan fingerprint density at radius 1 is 1.00 bits per heavy atom. The van der Waals surface area contributed by atoms with Crippen LogP contribution in [0.5, 0.6) is 5.75 Å². The molecule has 0 bridgehead atoms. The van der Waals surface area contributed by atoms with E-state index in [1.165, 1.54) is 0 Å². The first-order valence-electron chi connectivity index (χ1n) is 6.22. The van der Waals surface area contributed by atoms with Gasteiger partial charge in [-0.1, -0.05) is 23.9 Å². The Hall–Kier alpha value is -2.20. The van der Waals surface area contributed by atoms with Crippen molar-refractivity contribution in [2.45, 2.75) is 9.79 Å². The lowest BCUT2D eigenvalue weighted by Crippen LogP contribution is -1.90. The molecule has 20 heavy (non-hydrogen) atoms. The van der Waals surface area contributed by atoms with E-state index in [4.69, 9.17) is 10.5 Å². The quantitative estimate of drug-likeness (QED) is 0.738. The predicted molar refractivity (Wildman–Crippen MR) is 83.3 cm³/mol. The van der Waals surface area contributed by atoms with E-state index >= 15 is 0 Å². The maximum absolute atomic E-state index is 6.01. The molecule has 0 unspecified atom stereocenters. The Bertz CT molecular complexity index is 758. The number of benzene rings is 2. The summed E-state index contributed by atoms with van der Waals surface area (Å²) in [5.74, 6) is 0.867. The zero-order valence-corrected chi connectivity index (χ0v) is 11.9. The number of methoxy groups -OCH3 is 1. The molecule has 3 aromatic rings. The monoisotopic (exact) mass is 282 g/mol. The zero-order valence-electron chi connectivity index (χ0n) is 11.0. The van der Waals surface area contributed by atoms with Crippen molar-refractivity contribution in [2.24, 2.45) is 0 Å². The normalized spacial score (nSPS) is 10.7. The number of aromatic nitrogens is 1. The predicted octanol–water partition coefficient (Wildman–Crippen LogP) is 3.98. The third kappa shape index (κ3) is 2.30. The number of fused-ring (bicyclic) bond motifs is 1. The maximum Gasteiger partial charge on any atom is 0.132 e. The SMILES string of the molecule is COc1ccccc1Sc1ccc(N)c2ccncc12. The minimum absolute atomic E-state index is 0.770. The van der Waals surface area contributed by atoms with Crippen LogP contribution >= 0.6 is 11.8 Å². The molecule has 0 amide bonds. The third-order valence-electron chi connectivity index (χ3n) is 3.10. The lowest BCUT2D eigenvalue weighted by Gasteiger charge is -2.10. The summed E-state index contributed by atoms with van der Waals surface area (Å²) >= 11 is 1.66. The first-order chi connectivity index (χ1) is 9.79. The summed E-state index contributed by atoms with van der Waals surface area (Å²) in [5, 5.41) is 2.09. The van der Waals surface area contributed by atoms with E-state index in [1.807, 2.05) is 48.7 Å². The molecule has 2 aromatic carbocycles. The lowest BCUT2D eigenvalue weighted by atomic mass is 10.1. The molecule has 0 fully saturated rings. The summed E-state index contributed by atoms with van der Waals surface area (Å²) in [6.07, 6.45) is 3.61. The molecule has 3 rings (SSSR count). The summed E-state index contributed by atoms with van der Waals surface area (Å²) in [5.41, 5.74) is 6.78. The first kappa shape index (κ1) is 12.8. The van der Waals surface area contributed by atoms with Crippen LogP contribution in [0.3, 0.4) is 0 Å². The molecule has 0 saturated carbocycles. The van der Waals surface area contributed by atoms with Gasteiger partial charge in [-0.15, -0.1) is 0 Å². The van der Waals surface area contributed by atoms with Gasteiger partial charge in [-0.2, -0.15) is 0 Å². The molecule has 0 aliphatic heterocycles. The van der Waals surface area contributed by atoms with Crippen LogP contribution in [0.25, 0.3) is 10.8 Å². The fourth-order valence-corrected chi connectivity index (χ4v) is 3.14. The topological polar surface area (TPSA) is 48.1 Å². The van der Waals surface area contributed by atoms with Gasteiger partial charge in [0.25, 0.3) is 0 Å². The fraction of sp³-hybridized carbons (Fsp3) is 0.0625. The van der Waals surface area contributed by atoms with Crippen LogP contribution in [0.1, 0.15) is 0 Å². The van der Waals surface area contributed by atoms with Crippen molar-refractivity contribution >= 4 is 28.2 Å². The van der Waals surface area contributed by atoms with Crippen molar-refractivity contribution in [3.05, 3.63) is 54.9 Å². The number of nitrogens with two attached hydrogens (primary N) is 1. The number of nitrogens with zero attached hydrogens (tertiary/aromatic N) is 1. The van der Waals surface area contributed by atoms with Crippen LogP contribution in [-0.4, -0.2) is 12.1 Å². The second kappa shape index (κ2) is 5.43. The molecule has 4 heteroatoms. The average molecular weight is 282 g/mol. The Kier molecular flexibility index (Phi) is 3.48. The fourth-order valence-electron chi connectivity index (χ4n) is 2.10. The van der Waals surface area contributed by atoms with Crippen molar-refractivity contribution in [1.82, 2.24) is 4.98 Å². The van der Waals surface area contributed by atoms with Crippen molar-refractivity contribution in [2.75, 3.05) is 12.8 Å². The lowest BCUT2D eigenvalue weighted by molar-refractivity contribution is 0.405. The van der Waals surface area contributed by atoms with Gasteiger partial charge in [-0.25, -0.2) is 0 Å². The molecule has 0 spiro atoms. The van der Waals surface area contributed by atoms with E-state index in [9.17, 15) is 0 Å². The highest BCUT2D eigenvalue weighted by atomic mass is 32.2. The summed E-state index contributed by atoms with van der Waals surface area (Å²) < 4.78 is 5.39. The van der Waals surface area contributed by atoms with Crippen LogP contribution in [0, 0.1) is 0 Å². The van der Waals surface area contributed by atoms with Crippen molar-refractivity contribution in [1.29, 1.82) is 0 Å². The van der Waals surface area contributed by atoms with Gasteiger partial charge in [0.05, 0.1) is 12.0 Å². The molecule has 0 saturated heterocycles. The minimum atomic E-state index is 0.770. The molecule has 2 N–H and O–H groups in total. The highest BCUT2D eigenvalue weighted by molar-refractivity contribution is 7.99. The summed E-state index contributed by atoms with van der Waals surface area (Å²) in [6.45, 7) is 0. The van der Waals surface area contributed by atoms with E-state index in [0.29, 0.717) is 0 Å². The first-order valence-corrected chi connectivity index (χ1v) is 7.04. The van der Waals surface area contributed by atoms with Crippen molar-refractivity contribution in [3.63, 3.8) is 0 Å². The highest BCUT2D eigenvalue weighted by Crippen LogP contribution is 2.39. The Morgan fingerprint density at radius 3 is 2.70 bits per heavy atom.